The second kappa shape index (κ2) is 5.98. The maximum Gasteiger partial charge on any atom is 0.234 e. The third-order valence-corrected chi connectivity index (χ3v) is 5.63. The van der Waals surface area contributed by atoms with Gasteiger partial charge in [-0.25, -0.2) is 15.0 Å². The highest BCUT2D eigenvalue weighted by Crippen LogP contribution is 2.41. The van der Waals surface area contributed by atoms with Crippen LogP contribution >= 0.6 is 11.3 Å². The number of carbonyl (C=O) groups is 1. The third-order valence-electron chi connectivity index (χ3n) is 4.87. The zero-order chi connectivity index (χ0) is 15.7. The van der Waals surface area contributed by atoms with Crippen molar-refractivity contribution in [1.82, 2.24) is 19.9 Å². The van der Waals surface area contributed by atoms with Crippen molar-refractivity contribution >= 4 is 22.9 Å². The van der Waals surface area contributed by atoms with E-state index in [4.69, 9.17) is 0 Å². The zero-order valence-corrected chi connectivity index (χ0v) is 13.7. The molecule has 2 aromatic rings. The van der Waals surface area contributed by atoms with Crippen LogP contribution in [-0.2, 0) is 11.3 Å². The first kappa shape index (κ1) is 14.7. The summed E-state index contributed by atoms with van der Waals surface area (Å²) in [6.07, 6.45) is 9.74. The maximum absolute atomic E-state index is 13.1. The molecule has 2 aliphatic rings. The number of nitrogens with zero attached hydrogens (tertiary/aromatic N) is 5. The van der Waals surface area contributed by atoms with Crippen molar-refractivity contribution < 1.29 is 4.79 Å². The Kier molecular flexibility index (Phi) is 3.82. The van der Waals surface area contributed by atoms with Crippen LogP contribution < -0.4 is 4.90 Å². The van der Waals surface area contributed by atoms with Crippen molar-refractivity contribution in [2.75, 3.05) is 24.5 Å². The van der Waals surface area contributed by atoms with Gasteiger partial charge in [-0.1, -0.05) is 0 Å². The minimum atomic E-state index is -0.245. The summed E-state index contributed by atoms with van der Waals surface area (Å²) < 4.78 is 0. The van der Waals surface area contributed by atoms with Crippen molar-refractivity contribution in [2.45, 2.75) is 25.8 Å². The van der Waals surface area contributed by atoms with Crippen LogP contribution in [0.1, 0.15) is 24.3 Å². The number of rotatable bonds is 3. The zero-order valence-electron chi connectivity index (χ0n) is 12.9. The van der Waals surface area contributed by atoms with Gasteiger partial charge in [0.15, 0.2) is 0 Å². The van der Waals surface area contributed by atoms with Crippen LogP contribution in [0.3, 0.4) is 0 Å². The van der Waals surface area contributed by atoms with E-state index in [1.807, 2.05) is 16.5 Å². The SMILES string of the molecule is O=C1N(c2cncnc2)CCC12CCCN(Cc1nccs1)C2. The lowest BCUT2D eigenvalue weighted by Crippen LogP contribution is -2.47. The van der Waals surface area contributed by atoms with Crippen LogP contribution in [0.5, 0.6) is 0 Å². The highest BCUT2D eigenvalue weighted by molar-refractivity contribution is 7.09. The lowest BCUT2D eigenvalue weighted by Gasteiger charge is -2.38. The van der Waals surface area contributed by atoms with E-state index in [9.17, 15) is 4.79 Å². The van der Waals surface area contributed by atoms with E-state index < -0.39 is 0 Å². The normalized spacial score (nSPS) is 25.4. The van der Waals surface area contributed by atoms with Gasteiger partial charge < -0.3 is 4.90 Å². The average molecular weight is 329 g/mol. The number of hydrogen-bond acceptors (Lipinski definition) is 6. The molecule has 7 heteroatoms. The molecule has 2 saturated heterocycles. The molecule has 0 aromatic carbocycles. The Morgan fingerprint density at radius 2 is 2.09 bits per heavy atom. The van der Waals surface area contributed by atoms with Crippen LogP contribution in [0.4, 0.5) is 5.69 Å². The van der Waals surface area contributed by atoms with Crippen LogP contribution in [0.25, 0.3) is 0 Å². The topological polar surface area (TPSA) is 62.2 Å². The van der Waals surface area contributed by atoms with Crippen molar-refractivity contribution in [3.8, 4) is 0 Å². The molecule has 0 bridgehead atoms. The van der Waals surface area contributed by atoms with Gasteiger partial charge in [-0.15, -0.1) is 11.3 Å². The standard InChI is InChI=1S/C16H19N5OS/c22-15-16(3-6-21(15)13-8-17-12-18-9-13)2-1-5-20(11-16)10-14-19-4-7-23-14/h4,7-9,12H,1-3,5-6,10-11H2. The number of piperidine rings is 1. The van der Waals surface area contributed by atoms with Crippen molar-refractivity contribution in [1.29, 1.82) is 0 Å². The van der Waals surface area contributed by atoms with Crippen molar-refractivity contribution in [2.24, 2.45) is 5.41 Å². The summed E-state index contributed by atoms with van der Waals surface area (Å²) in [6, 6.07) is 0. The Morgan fingerprint density at radius 3 is 2.87 bits per heavy atom. The molecule has 0 radical (unpaired) electrons. The Hall–Kier alpha value is -1.86. The molecule has 2 aromatic heterocycles. The number of hydrogen-bond donors (Lipinski definition) is 0. The van der Waals surface area contributed by atoms with E-state index in [2.05, 4.69) is 19.9 Å². The van der Waals surface area contributed by atoms with Crippen LogP contribution in [0, 0.1) is 5.41 Å². The Balaban J connectivity index is 1.51. The summed E-state index contributed by atoms with van der Waals surface area (Å²) in [5.74, 6) is 0.233. The molecule has 2 aliphatic heterocycles. The summed E-state index contributed by atoms with van der Waals surface area (Å²) in [7, 11) is 0. The van der Waals surface area contributed by atoms with Gasteiger partial charge in [0.25, 0.3) is 0 Å². The number of thiazole rings is 1. The molecule has 2 fully saturated rings. The molecule has 23 heavy (non-hydrogen) atoms. The fourth-order valence-corrected chi connectivity index (χ4v) is 4.42. The van der Waals surface area contributed by atoms with E-state index >= 15 is 0 Å². The van der Waals surface area contributed by atoms with Crippen LogP contribution in [0.15, 0.2) is 30.3 Å². The molecule has 0 N–H and O–H groups in total. The van der Waals surface area contributed by atoms with E-state index in [-0.39, 0.29) is 11.3 Å². The summed E-state index contributed by atoms with van der Waals surface area (Å²) in [4.78, 5) is 29.7. The molecule has 4 rings (SSSR count). The first-order valence-corrected chi connectivity index (χ1v) is 8.83. The monoisotopic (exact) mass is 329 g/mol. The van der Waals surface area contributed by atoms with Gasteiger partial charge in [-0.3, -0.25) is 9.69 Å². The van der Waals surface area contributed by atoms with Crippen molar-refractivity contribution in [3.63, 3.8) is 0 Å². The largest absolute Gasteiger partial charge is 0.309 e. The summed E-state index contributed by atoms with van der Waals surface area (Å²) in [5, 5.41) is 3.13. The molecular weight excluding hydrogens is 310 g/mol. The highest BCUT2D eigenvalue weighted by Gasteiger charge is 2.49. The summed E-state index contributed by atoms with van der Waals surface area (Å²) in [6.45, 7) is 3.48. The fourth-order valence-electron chi connectivity index (χ4n) is 3.76. The molecule has 0 saturated carbocycles. The third kappa shape index (κ3) is 2.74. The average Bonchev–Trinajstić information content (AvgIpc) is 3.19. The smallest absolute Gasteiger partial charge is 0.234 e. The lowest BCUT2D eigenvalue weighted by molar-refractivity contribution is -0.128. The van der Waals surface area contributed by atoms with Gasteiger partial charge in [-0.2, -0.15) is 0 Å². The summed E-state index contributed by atoms with van der Waals surface area (Å²) in [5.41, 5.74) is 0.567. The van der Waals surface area contributed by atoms with E-state index in [1.54, 1.807) is 23.7 Å². The second-order valence-electron chi connectivity index (χ2n) is 6.32. The number of likely N-dealkylation sites (tertiary alicyclic amines) is 1. The molecule has 1 atom stereocenters. The van der Waals surface area contributed by atoms with Gasteiger partial charge in [0.05, 0.1) is 30.0 Å². The molecule has 1 spiro atoms. The van der Waals surface area contributed by atoms with E-state index in [0.29, 0.717) is 0 Å². The first-order chi connectivity index (χ1) is 11.3. The Morgan fingerprint density at radius 1 is 1.22 bits per heavy atom. The number of carbonyl (C=O) groups excluding carboxylic acids is 1. The molecule has 6 nitrogen and oxygen atoms in total. The predicted molar refractivity (Wildman–Crippen MR) is 88.1 cm³/mol. The first-order valence-electron chi connectivity index (χ1n) is 7.95. The predicted octanol–water partition coefficient (Wildman–Crippen LogP) is 1.95. The van der Waals surface area contributed by atoms with Crippen LogP contribution in [-0.4, -0.2) is 45.4 Å². The minimum absolute atomic E-state index is 0.233. The second-order valence-corrected chi connectivity index (χ2v) is 7.30. The molecule has 4 heterocycles. The molecule has 0 aliphatic carbocycles. The molecule has 120 valence electrons. The quantitative estimate of drug-likeness (QED) is 0.861. The van der Waals surface area contributed by atoms with Gasteiger partial charge in [0.1, 0.15) is 11.3 Å². The Labute approximate surface area is 139 Å². The van der Waals surface area contributed by atoms with E-state index in [1.165, 1.54) is 6.33 Å². The highest BCUT2D eigenvalue weighted by atomic mass is 32.1. The summed E-state index contributed by atoms with van der Waals surface area (Å²) >= 11 is 1.68. The Bertz CT molecular complexity index is 677. The number of aromatic nitrogens is 3. The fraction of sp³-hybridized carbons (Fsp3) is 0.500. The van der Waals surface area contributed by atoms with E-state index in [0.717, 1.165) is 56.1 Å². The minimum Gasteiger partial charge on any atom is -0.309 e. The van der Waals surface area contributed by atoms with Crippen molar-refractivity contribution in [3.05, 3.63) is 35.3 Å². The lowest BCUT2D eigenvalue weighted by atomic mass is 9.78. The number of amides is 1. The molecule has 1 unspecified atom stereocenters. The van der Waals surface area contributed by atoms with Gasteiger partial charge in [0.2, 0.25) is 5.91 Å². The number of anilines is 1. The maximum atomic E-state index is 13.1. The molecular formula is C16H19N5OS. The van der Waals surface area contributed by atoms with Gasteiger partial charge in [-0.05, 0) is 25.8 Å². The van der Waals surface area contributed by atoms with Crippen LogP contribution in [0.2, 0.25) is 0 Å². The van der Waals surface area contributed by atoms with Gasteiger partial charge >= 0.3 is 0 Å². The molecule has 1 amide bonds. The van der Waals surface area contributed by atoms with Gasteiger partial charge in [0, 0.05) is 24.7 Å².